The molecule has 2 aliphatic heterocycles. The highest BCUT2D eigenvalue weighted by atomic mass is 35.5. The van der Waals surface area contributed by atoms with Gasteiger partial charge < -0.3 is 20.6 Å². The Labute approximate surface area is 297 Å². The number of aliphatic hydroxyl groups is 1. The lowest BCUT2D eigenvalue weighted by atomic mass is 9.99. The first-order valence-electron chi connectivity index (χ1n) is 17.1. The van der Waals surface area contributed by atoms with Crippen LogP contribution in [0.3, 0.4) is 0 Å². The molecule has 256 valence electrons. The summed E-state index contributed by atoms with van der Waals surface area (Å²) in [6.07, 6.45) is 5.44. The molecule has 9 nitrogen and oxygen atoms in total. The average molecular weight is 698 g/mol. The third-order valence-electron chi connectivity index (χ3n) is 9.46. The van der Waals surface area contributed by atoms with Crippen molar-refractivity contribution in [1.29, 1.82) is 0 Å². The van der Waals surface area contributed by atoms with Gasteiger partial charge in [0.1, 0.15) is 16.9 Å². The number of carbonyl (C=O) groups excluding carboxylic acids is 1. The number of benzene rings is 2. The summed E-state index contributed by atoms with van der Waals surface area (Å²) in [6, 6.07) is 13.3. The zero-order valence-corrected chi connectivity index (χ0v) is 30.1. The van der Waals surface area contributed by atoms with E-state index >= 15 is 0 Å². The molecule has 2 aromatic carbocycles. The number of halogens is 1. The van der Waals surface area contributed by atoms with E-state index in [1.807, 2.05) is 48.2 Å². The van der Waals surface area contributed by atoms with Crippen LogP contribution in [0.5, 0.6) is 0 Å². The summed E-state index contributed by atoms with van der Waals surface area (Å²) >= 11 is 7.96. The SMILES string of the molecule is Cc1sc2c(c1C)C(c1ccc(Cl)cc1)=N[C@@H](CC(=O)N1CCN(c3ccc(C#CCCCCCCN)c(CO)c3)CC1)c1nnc(C)n1-2. The summed E-state index contributed by atoms with van der Waals surface area (Å²) in [5, 5.41) is 20.8. The second-order valence-electron chi connectivity index (χ2n) is 12.7. The molecule has 1 fully saturated rings. The van der Waals surface area contributed by atoms with Crippen LogP contribution in [0, 0.1) is 32.6 Å². The third kappa shape index (κ3) is 7.60. The molecule has 0 spiro atoms. The molecule has 0 bridgehead atoms. The van der Waals surface area contributed by atoms with Crippen molar-refractivity contribution in [1.82, 2.24) is 19.7 Å². The summed E-state index contributed by atoms with van der Waals surface area (Å²) in [5.74, 6) is 8.01. The first-order chi connectivity index (χ1) is 23.8. The Balaban J connectivity index is 1.16. The van der Waals surface area contributed by atoms with Crippen molar-refractivity contribution in [2.75, 3.05) is 37.6 Å². The smallest absolute Gasteiger partial charge is 0.225 e. The van der Waals surface area contributed by atoms with Gasteiger partial charge >= 0.3 is 0 Å². The third-order valence-corrected chi connectivity index (χ3v) is 10.9. The molecule has 4 heterocycles. The fourth-order valence-electron chi connectivity index (χ4n) is 6.54. The Hall–Kier alpha value is -4.01. The summed E-state index contributed by atoms with van der Waals surface area (Å²) in [4.78, 5) is 24.6. The minimum Gasteiger partial charge on any atom is -0.392 e. The number of anilines is 1. The van der Waals surface area contributed by atoms with Gasteiger partial charge in [-0.05, 0) is 81.6 Å². The molecule has 1 atom stereocenters. The molecule has 4 aromatic rings. The molecule has 11 heteroatoms. The molecule has 2 aromatic heterocycles. The number of nitrogens with zero attached hydrogens (tertiary/aromatic N) is 6. The zero-order chi connectivity index (χ0) is 34.5. The molecule has 1 amide bonds. The van der Waals surface area contributed by atoms with Crippen LogP contribution in [0.2, 0.25) is 5.02 Å². The second kappa shape index (κ2) is 15.7. The Morgan fingerprint density at radius 1 is 1.02 bits per heavy atom. The minimum atomic E-state index is -0.497. The zero-order valence-electron chi connectivity index (χ0n) is 28.5. The van der Waals surface area contributed by atoms with E-state index in [2.05, 4.69) is 51.4 Å². The minimum absolute atomic E-state index is 0.0407. The molecule has 6 rings (SSSR count). The summed E-state index contributed by atoms with van der Waals surface area (Å²) < 4.78 is 2.08. The van der Waals surface area contributed by atoms with Crippen LogP contribution in [0.25, 0.3) is 5.00 Å². The lowest BCUT2D eigenvalue weighted by Crippen LogP contribution is -2.49. The topological polar surface area (TPSA) is 113 Å². The molecule has 0 aliphatic carbocycles. The van der Waals surface area contributed by atoms with Gasteiger partial charge in [0.05, 0.1) is 18.7 Å². The van der Waals surface area contributed by atoms with Gasteiger partial charge in [-0.25, -0.2) is 0 Å². The van der Waals surface area contributed by atoms with Gasteiger partial charge in [0.2, 0.25) is 5.91 Å². The number of piperazine rings is 1. The van der Waals surface area contributed by atoms with E-state index in [0.29, 0.717) is 37.0 Å². The Morgan fingerprint density at radius 2 is 1.78 bits per heavy atom. The summed E-state index contributed by atoms with van der Waals surface area (Å²) in [5.41, 5.74) is 12.3. The van der Waals surface area contributed by atoms with Crippen LogP contribution in [0.4, 0.5) is 5.69 Å². The molecule has 1 saturated heterocycles. The second-order valence-corrected chi connectivity index (χ2v) is 14.4. The number of aromatic nitrogens is 3. The van der Waals surface area contributed by atoms with Crippen molar-refractivity contribution in [2.24, 2.45) is 10.7 Å². The molecule has 3 N–H and O–H groups in total. The van der Waals surface area contributed by atoms with Gasteiger partial charge in [-0.3, -0.25) is 14.4 Å². The quantitative estimate of drug-likeness (QED) is 0.149. The number of nitrogens with two attached hydrogens (primary N) is 1. The number of hydrogen-bond acceptors (Lipinski definition) is 8. The Bertz CT molecular complexity index is 1890. The number of unbranched alkanes of at least 4 members (excludes halogenated alkanes) is 4. The Kier molecular flexibility index (Phi) is 11.2. The van der Waals surface area contributed by atoms with Crippen molar-refractivity contribution in [2.45, 2.75) is 71.9 Å². The monoisotopic (exact) mass is 697 g/mol. The lowest BCUT2D eigenvalue weighted by molar-refractivity contribution is -0.131. The maximum atomic E-state index is 13.9. The van der Waals surface area contributed by atoms with E-state index in [4.69, 9.17) is 22.3 Å². The number of rotatable bonds is 10. The van der Waals surface area contributed by atoms with Gasteiger partial charge in [0.25, 0.3) is 0 Å². The molecule has 49 heavy (non-hydrogen) atoms. The van der Waals surface area contributed by atoms with Crippen LogP contribution in [0.1, 0.15) is 88.9 Å². The molecule has 0 saturated carbocycles. The number of carbonyl (C=O) groups is 1. The van der Waals surface area contributed by atoms with Gasteiger partial charge in [-0.2, -0.15) is 0 Å². The molecule has 0 unspecified atom stereocenters. The van der Waals surface area contributed by atoms with Crippen LogP contribution in [0.15, 0.2) is 47.5 Å². The van der Waals surface area contributed by atoms with Crippen LogP contribution in [-0.4, -0.2) is 69.1 Å². The molecular weight excluding hydrogens is 654 g/mol. The normalized spacial score (nSPS) is 15.6. The largest absolute Gasteiger partial charge is 0.392 e. The lowest BCUT2D eigenvalue weighted by Gasteiger charge is -2.36. The number of fused-ring (bicyclic) bond motifs is 3. The first kappa shape index (κ1) is 34.8. The van der Waals surface area contributed by atoms with E-state index in [-0.39, 0.29) is 18.9 Å². The highest BCUT2D eigenvalue weighted by Gasteiger charge is 2.34. The van der Waals surface area contributed by atoms with Crippen molar-refractivity contribution in [3.63, 3.8) is 0 Å². The van der Waals surface area contributed by atoms with Crippen molar-refractivity contribution >= 4 is 40.2 Å². The molecule has 2 aliphatic rings. The maximum Gasteiger partial charge on any atom is 0.225 e. The van der Waals surface area contributed by atoms with E-state index in [9.17, 15) is 9.90 Å². The predicted octanol–water partition coefficient (Wildman–Crippen LogP) is 6.29. The number of thiophene rings is 1. The van der Waals surface area contributed by atoms with Gasteiger partial charge in [-0.15, -0.1) is 21.5 Å². The maximum absolute atomic E-state index is 13.9. The number of amides is 1. The number of hydrogen-bond donors (Lipinski definition) is 2. The summed E-state index contributed by atoms with van der Waals surface area (Å²) in [6.45, 7) is 9.44. The highest BCUT2D eigenvalue weighted by molar-refractivity contribution is 7.15. The van der Waals surface area contributed by atoms with Crippen LogP contribution in [-0.2, 0) is 11.4 Å². The number of aliphatic hydroxyl groups excluding tert-OH is 1. The van der Waals surface area contributed by atoms with Crippen molar-refractivity contribution in [3.8, 4) is 16.8 Å². The molecular formula is C38H44ClN7O2S. The summed E-state index contributed by atoms with van der Waals surface area (Å²) in [7, 11) is 0. The highest BCUT2D eigenvalue weighted by Crippen LogP contribution is 2.40. The number of aryl methyl sites for hydroxylation is 2. The average Bonchev–Trinajstić information content (AvgIpc) is 3.59. The number of aliphatic imine (C=N–C) groups is 1. The van der Waals surface area contributed by atoms with Crippen LogP contribution >= 0.6 is 22.9 Å². The standard InChI is InChI=1S/C38H44ClN7O2S/c1-25-26(2)49-38-35(25)36(29-11-14-31(39)15-12-29)41-33(37-43-42-27(3)46(37)38)23-34(48)45-20-18-44(19-21-45)32-16-13-28(30(22-32)24-47)10-8-6-4-5-7-9-17-40/h11-16,22,33,47H,4-7,9,17-21,23-24,40H2,1-3H3/t33-/m0/s1. The van der Waals surface area contributed by atoms with E-state index in [0.717, 1.165) is 88.7 Å². The fourth-order valence-corrected chi connectivity index (χ4v) is 7.88. The van der Waals surface area contributed by atoms with E-state index in [1.165, 1.54) is 4.88 Å². The van der Waals surface area contributed by atoms with Crippen molar-refractivity contribution < 1.29 is 9.90 Å². The van der Waals surface area contributed by atoms with E-state index < -0.39 is 6.04 Å². The molecule has 0 radical (unpaired) electrons. The van der Waals surface area contributed by atoms with Gasteiger partial charge in [0.15, 0.2) is 5.82 Å². The van der Waals surface area contributed by atoms with E-state index in [1.54, 1.807) is 11.3 Å². The fraction of sp³-hybridized carbons (Fsp3) is 0.421. The van der Waals surface area contributed by atoms with Crippen molar-refractivity contribution in [3.05, 3.63) is 91.8 Å². The first-order valence-corrected chi connectivity index (χ1v) is 18.3. The predicted molar refractivity (Wildman–Crippen MR) is 198 cm³/mol. The van der Waals surface area contributed by atoms with Gasteiger partial charge in [-0.1, -0.05) is 48.4 Å². The van der Waals surface area contributed by atoms with Crippen LogP contribution < -0.4 is 10.6 Å². The van der Waals surface area contributed by atoms with Gasteiger partial charge in [0, 0.05) is 64.9 Å². The Morgan fingerprint density at radius 3 is 2.51 bits per heavy atom.